The van der Waals surface area contributed by atoms with E-state index in [1.165, 1.54) is 19.3 Å². The lowest BCUT2D eigenvalue weighted by atomic mass is 10.1. The maximum absolute atomic E-state index is 5.71. The molecule has 1 saturated heterocycles. The molecule has 0 aromatic carbocycles. The molecule has 1 N–H and O–H groups in total. The quantitative estimate of drug-likeness (QED) is 0.851. The molecule has 1 fully saturated rings. The fourth-order valence-electron chi connectivity index (χ4n) is 2.21. The molecular formula is C13H23N3O. The van der Waals surface area contributed by atoms with E-state index in [4.69, 9.17) is 4.74 Å². The highest BCUT2D eigenvalue weighted by molar-refractivity contribution is 4.84. The Bertz CT molecular complexity index is 306. The predicted octanol–water partition coefficient (Wildman–Crippen LogP) is 1.99. The van der Waals surface area contributed by atoms with Crippen LogP contribution in [0.3, 0.4) is 0 Å². The van der Waals surface area contributed by atoms with Crippen molar-refractivity contribution < 1.29 is 4.74 Å². The molecule has 0 radical (unpaired) electrons. The fraction of sp³-hybridized carbons (Fsp3) is 0.769. The number of rotatable bonds is 5. The predicted molar refractivity (Wildman–Crippen MR) is 68.0 cm³/mol. The van der Waals surface area contributed by atoms with Crippen LogP contribution >= 0.6 is 0 Å². The zero-order chi connectivity index (χ0) is 12.1. The number of hydrogen-bond donors (Lipinski definition) is 1. The third kappa shape index (κ3) is 3.54. The Balaban J connectivity index is 1.74. The second kappa shape index (κ2) is 6.17. The average molecular weight is 237 g/mol. The van der Waals surface area contributed by atoms with Gasteiger partial charge in [-0.05, 0) is 39.2 Å². The van der Waals surface area contributed by atoms with Crippen LogP contribution in [-0.2, 0) is 4.74 Å². The van der Waals surface area contributed by atoms with Gasteiger partial charge in [0.2, 0.25) is 0 Å². The van der Waals surface area contributed by atoms with Gasteiger partial charge in [-0.2, -0.15) is 5.10 Å². The topological polar surface area (TPSA) is 39.1 Å². The molecule has 1 aliphatic rings. The summed E-state index contributed by atoms with van der Waals surface area (Å²) in [7, 11) is 0. The first-order chi connectivity index (χ1) is 8.27. The zero-order valence-electron chi connectivity index (χ0n) is 10.8. The van der Waals surface area contributed by atoms with Gasteiger partial charge < -0.3 is 10.1 Å². The van der Waals surface area contributed by atoms with Crippen LogP contribution in [0.1, 0.15) is 39.2 Å². The smallest absolute Gasteiger partial charge is 0.0699 e. The first kappa shape index (κ1) is 12.6. The van der Waals surface area contributed by atoms with E-state index in [-0.39, 0.29) is 0 Å². The molecule has 0 bridgehead atoms. The van der Waals surface area contributed by atoms with Gasteiger partial charge >= 0.3 is 0 Å². The SMILES string of the molecule is C[C@H](NC[C@@H]1CCCCO1)[C@@H](C)n1cccn1. The van der Waals surface area contributed by atoms with Crippen LogP contribution in [0.5, 0.6) is 0 Å². The fourth-order valence-corrected chi connectivity index (χ4v) is 2.21. The summed E-state index contributed by atoms with van der Waals surface area (Å²) in [5, 5.41) is 7.83. The summed E-state index contributed by atoms with van der Waals surface area (Å²) in [6.07, 6.45) is 7.95. The van der Waals surface area contributed by atoms with Crippen molar-refractivity contribution in [2.45, 2.75) is 51.3 Å². The lowest BCUT2D eigenvalue weighted by molar-refractivity contribution is 0.0147. The number of nitrogens with one attached hydrogen (secondary N) is 1. The summed E-state index contributed by atoms with van der Waals surface area (Å²) < 4.78 is 7.71. The van der Waals surface area contributed by atoms with Gasteiger partial charge in [-0.15, -0.1) is 0 Å². The monoisotopic (exact) mass is 237 g/mol. The Hall–Kier alpha value is -0.870. The van der Waals surface area contributed by atoms with Crippen LogP contribution in [0.2, 0.25) is 0 Å². The minimum absolute atomic E-state index is 0.369. The molecule has 1 aromatic heterocycles. The van der Waals surface area contributed by atoms with Crippen LogP contribution < -0.4 is 5.32 Å². The van der Waals surface area contributed by atoms with E-state index in [1.807, 2.05) is 23.1 Å². The molecule has 4 heteroatoms. The highest BCUT2D eigenvalue weighted by atomic mass is 16.5. The molecular weight excluding hydrogens is 214 g/mol. The van der Waals surface area contributed by atoms with Crippen molar-refractivity contribution in [3.05, 3.63) is 18.5 Å². The van der Waals surface area contributed by atoms with Gasteiger partial charge in [-0.3, -0.25) is 4.68 Å². The van der Waals surface area contributed by atoms with Crippen LogP contribution in [0.4, 0.5) is 0 Å². The van der Waals surface area contributed by atoms with Gasteiger partial charge in [0, 0.05) is 31.6 Å². The third-order valence-electron chi connectivity index (χ3n) is 3.61. The number of aromatic nitrogens is 2. The molecule has 96 valence electrons. The molecule has 2 heterocycles. The molecule has 3 atom stereocenters. The third-order valence-corrected chi connectivity index (χ3v) is 3.61. The standard InChI is InChI=1S/C13H23N3O/c1-11(12(2)16-8-5-7-15-16)14-10-13-6-3-4-9-17-13/h5,7-8,11-14H,3-4,6,9-10H2,1-2H3/t11-,12+,13-/m0/s1. The van der Waals surface area contributed by atoms with Gasteiger partial charge in [0.15, 0.2) is 0 Å². The summed E-state index contributed by atoms with van der Waals surface area (Å²) >= 11 is 0. The second-order valence-electron chi connectivity index (χ2n) is 4.91. The number of hydrogen-bond acceptors (Lipinski definition) is 3. The average Bonchev–Trinajstić information content (AvgIpc) is 2.90. The Morgan fingerprint density at radius 1 is 1.47 bits per heavy atom. The van der Waals surface area contributed by atoms with Crippen molar-refractivity contribution in [3.8, 4) is 0 Å². The Kier molecular flexibility index (Phi) is 4.57. The van der Waals surface area contributed by atoms with Crippen molar-refractivity contribution in [1.82, 2.24) is 15.1 Å². The van der Waals surface area contributed by atoms with Crippen molar-refractivity contribution in [2.24, 2.45) is 0 Å². The van der Waals surface area contributed by atoms with Crippen LogP contribution in [0, 0.1) is 0 Å². The van der Waals surface area contributed by atoms with E-state index in [1.54, 1.807) is 0 Å². The van der Waals surface area contributed by atoms with E-state index < -0.39 is 0 Å². The molecule has 0 saturated carbocycles. The van der Waals surface area contributed by atoms with E-state index >= 15 is 0 Å². The van der Waals surface area contributed by atoms with Gasteiger partial charge in [0.05, 0.1) is 12.1 Å². The highest BCUT2D eigenvalue weighted by Crippen LogP contribution is 2.13. The van der Waals surface area contributed by atoms with Crippen molar-refractivity contribution >= 4 is 0 Å². The first-order valence-electron chi connectivity index (χ1n) is 6.61. The minimum Gasteiger partial charge on any atom is -0.377 e. The van der Waals surface area contributed by atoms with E-state index in [2.05, 4.69) is 24.3 Å². The summed E-state index contributed by atoms with van der Waals surface area (Å²) in [6, 6.07) is 2.74. The first-order valence-corrected chi connectivity index (χ1v) is 6.61. The summed E-state index contributed by atoms with van der Waals surface area (Å²) in [5.74, 6) is 0. The Morgan fingerprint density at radius 3 is 3.00 bits per heavy atom. The number of ether oxygens (including phenoxy) is 1. The van der Waals surface area contributed by atoms with Gasteiger partial charge in [0.1, 0.15) is 0 Å². The largest absolute Gasteiger partial charge is 0.377 e. The minimum atomic E-state index is 0.369. The van der Waals surface area contributed by atoms with E-state index in [9.17, 15) is 0 Å². The maximum atomic E-state index is 5.71. The second-order valence-corrected chi connectivity index (χ2v) is 4.91. The van der Waals surface area contributed by atoms with Crippen molar-refractivity contribution in [1.29, 1.82) is 0 Å². The van der Waals surface area contributed by atoms with E-state index in [0.29, 0.717) is 18.2 Å². The summed E-state index contributed by atoms with van der Waals surface area (Å²) in [5.41, 5.74) is 0. The van der Waals surface area contributed by atoms with Crippen molar-refractivity contribution in [3.63, 3.8) is 0 Å². The summed E-state index contributed by atoms with van der Waals surface area (Å²) in [4.78, 5) is 0. The molecule has 0 amide bonds. The van der Waals surface area contributed by atoms with Gasteiger partial charge in [-0.1, -0.05) is 0 Å². The Labute approximate surface area is 103 Å². The van der Waals surface area contributed by atoms with Crippen LogP contribution in [0.25, 0.3) is 0 Å². The molecule has 0 aliphatic carbocycles. The lowest BCUT2D eigenvalue weighted by Crippen LogP contribution is -2.40. The lowest BCUT2D eigenvalue weighted by Gasteiger charge is -2.27. The number of nitrogens with zero attached hydrogens (tertiary/aromatic N) is 2. The maximum Gasteiger partial charge on any atom is 0.0699 e. The van der Waals surface area contributed by atoms with Gasteiger partial charge in [0.25, 0.3) is 0 Å². The molecule has 4 nitrogen and oxygen atoms in total. The van der Waals surface area contributed by atoms with Crippen LogP contribution in [-0.4, -0.2) is 35.1 Å². The normalized spacial score (nSPS) is 24.5. The highest BCUT2D eigenvalue weighted by Gasteiger charge is 2.18. The van der Waals surface area contributed by atoms with E-state index in [0.717, 1.165) is 13.2 Å². The molecule has 1 aliphatic heterocycles. The zero-order valence-corrected chi connectivity index (χ0v) is 10.8. The molecule has 17 heavy (non-hydrogen) atoms. The molecule has 1 aromatic rings. The van der Waals surface area contributed by atoms with Crippen molar-refractivity contribution in [2.75, 3.05) is 13.2 Å². The molecule has 0 spiro atoms. The molecule has 0 unspecified atom stereocenters. The Morgan fingerprint density at radius 2 is 2.35 bits per heavy atom. The van der Waals surface area contributed by atoms with Gasteiger partial charge in [-0.25, -0.2) is 0 Å². The molecule has 2 rings (SSSR count). The summed E-state index contributed by atoms with van der Waals surface area (Å²) in [6.45, 7) is 6.27. The van der Waals surface area contributed by atoms with Crippen LogP contribution in [0.15, 0.2) is 18.5 Å².